The van der Waals surface area contributed by atoms with E-state index in [1.54, 1.807) is 5.32 Å². The highest BCUT2D eigenvalue weighted by Gasteiger charge is 2.27. The number of esters is 1. The van der Waals surface area contributed by atoms with Crippen LogP contribution < -0.4 is 5.32 Å². The van der Waals surface area contributed by atoms with Crippen LogP contribution in [0.15, 0.2) is 0 Å². The van der Waals surface area contributed by atoms with Crippen molar-refractivity contribution in [2.75, 3.05) is 19.7 Å². The zero-order valence-corrected chi connectivity index (χ0v) is 9.52. The van der Waals surface area contributed by atoms with Crippen LogP contribution in [0.25, 0.3) is 0 Å². The van der Waals surface area contributed by atoms with Gasteiger partial charge in [-0.05, 0) is 19.8 Å². The van der Waals surface area contributed by atoms with Gasteiger partial charge in [-0.2, -0.15) is 0 Å². The molecule has 0 aromatic heterocycles. The normalized spacial score (nSPS) is 14.3. The molecule has 0 radical (unpaired) electrons. The van der Waals surface area contributed by atoms with E-state index < -0.39 is 23.7 Å². The number of carbonyl (C=O) groups excluding carboxylic acids is 4. The fourth-order valence-electron chi connectivity index (χ4n) is 1.47. The largest absolute Gasteiger partial charge is 0.459 e. The molecule has 0 bridgehead atoms. The zero-order valence-electron chi connectivity index (χ0n) is 9.52. The van der Waals surface area contributed by atoms with Crippen LogP contribution in [-0.2, 0) is 23.9 Å². The lowest BCUT2D eigenvalue weighted by Crippen LogP contribution is -2.46. The second kappa shape index (κ2) is 5.97. The number of hydrogen-bond acceptors (Lipinski definition) is 5. The minimum absolute atomic E-state index is 0.0283. The Balaban J connectivity index is 2.45. The highest BCUT2D eigenvalue weighted by Crippen LogP contribution is 2.06. The fraction of sp³-hybridized carbons (Fsp3) is 0.600. The maximum Gasteiger partial charge on any atom is 0.397 e. The number of hydrogen-bond donors (Lipinski definition) is 1. The summed E-state index contributed by atoms with van der Waals surface area (Å²) in [5, 5.41) is 1.70. The van der Waals surface area contributed by atoms with Gasteiger partial charge in [0.1, 0.15) is 0 Å². The highest BCUT2D eigenvalue weighted by molar-refractivity contribution is 6.44. The molecule has 1 aliphatic rings. The first-order chi connectivity index (χ1) is 8.06. The van der Waals surface area contributed by atoms with Gasteiger partial charge in [0.15, 0.2) is 0 Å². The molecule has 0 spiro atoms. The van der Waals surface area contributed by atoms with E-state index in [4.69, 9.17) is 0 Å². The van der Waals surface area contributed by atoms with Gasteiger partial charge in [-0.25, -0.2) is 4.79 Å². The van der Waals surface area contributed by atoms with Crippen LogP contribution >= 0.6 is 0 Å². The molecule has 0 aliphatic carbocycles. The minimum atomic E-state index is -1.22. The standard InChI is InChI=1S/C10H14N2O5/c1-2-17-10(16)8(14)11-7(13)9(15)12-5-3-4-6-12/h2-6H2,1H3,(H,11,13,14). The smallest absolute Gasteiger partial charge is 0.397 e. The van der Waals surface area contributed by atoms with Crippen LogP contribution in [0.1, 0.15) is 19.8 Å². The van der Waals surface area contributed by atoms with Gasteiger partial charge in [-0.1, -0.05) is 0 Å². The molecular weight excluding hydrogens is 228 g/mol. The average molecular weight is 242 g/mol. The molecule has 0 aromatic carbocycles. The lowest BCUT2D eigenvalue weighted by molar-refractivity contribution is -0.157. The monoisotopic (exact) mass is 242 g/mol. The number of carbonyl (C=O) groups is 4. The van der Waals surface area contributed by atoms with Crippen molar-refractivity contribution in [1.29, 1.82) is 0 Å². The molecule has 1 N–H and O–H groups in total. The predicted molar refractivity (Wildman–Crippen MR) is 55.6 cm³/mol. The Kier molecular flexibility index (Phi) is 4.62. The molecule has 94 valence electrons. The number of amides is 3. The molecule has 7 heteroatoms. The van der Waals surface area contributed by atoms with Crippen molar-refractivity contribution < 1.29 is 23.9 Å². The van der Waals surface area contributed by atoms with E-state index in [0.717, 1.165) is 12.8 Å². The maximum atomic E-state index is 11.5. The van der Waals surface area contributed by atoms with Crippen LogP contribution in [-0.4, -0.2) is 48.3 Å². The lowest BCUT2D eigenvalue weighted by atomic mass is 10.4. The third-order valence-corrected chi connectivity index (χ3v) is 2.28. The number of imide groups is 1. The summed E-state index contributed by atoms with van der Waals surface area (Å²) in [4.78, 5) is 46.1. The number of ether oxygens (including phenoxy) is 1. The van der Waals surface area contributed by atoms with Gasteiger partial charge in [0.25, 0.3) is 0 Å². The summed E-state index contributed by atoms with van der Waals surface area (Å²) < 4.78 is 4.38. The van der Waals surface area contributed by atoms with Crippen LogP contribution in [0.2, 0.25) is 0 Å². The lowest BCUT2D eigenvalue weighted by Gasteiger charge is -2.13. The van der Waals surface area contributed by atoms with Gasteiger partial charge in [-0.15, -0.1) is 0 Å². The summed E-state index contributed by atoms with van der Waals surface area (Å²) in [5.41, 5.74) is 0. The van der Waals surface area contributed by atoms with Crippen molar-refractivity contribution >= 4 is 23.7 Å². The molecule has 17 heavy (non-hydrogen) atoms. The zero-order chi connectivity index (χ0) is 12.8. The number of likely N-dealkylation sites (tertiary alicyclic amines) is 1. The molecule has 0 saturated carbocycles. The van der Waals surface area contributed by atoms with Gasteiger partial charge < -0.3 is 9.64 Å². The van der Waals surface area contributed by atoms with Crippen molar-refractivity contribution in [3.05, 3.63) is 0 Å². The first-order valence-electron chi connectivity index (χ1n) is 5.37. The first-order valence-corrected chi connectivity index (χ1v) is 5.37. The molecule has 0 aromatic rings. The van der Waals surface area contributed by atoms with E-state index in [2.05, 4.69) is 4.74 Å². The Morgan fingerprint density at radius 1 is 1.12 bits per heavy atom. The van der Waals surface area contributed by atoms with Crippen molar-refractivity contribution in [3.63, 3.8) is 0 Å². The van der Waals surface area contributed by atoms with Gasteiger partial charge in [0.05, 0.1) is 6.61 Å². The number of nitrogens with one attached hydrogen (secondary N) is 1. The Bertz CT molecular complexity index is 347. The first kappa shape index (κ1) is 13.1. The summed E-state index contributed by atoms with van der Waals surface area (Å²) in [6.07, 6.45) is 1.68. The molecule has 3 amide bonds. The van der Waals surface area contributed by atoms with E-state index in [1.165, 1.54) is 11.8 Å². The quantitative estimate of drug-likeness (QED) is 0.461. The van der Waals surface area contributed by atoms with Crippen molar-refractivity contribution in [3.8, 4) is 0 Å². The van der Waals surface area contributed by atoms with Gasteiger partial charge >= 0.3 is 23.7 Å². The van der Waals surface area contributed by atoms with E-state index in [0.29, 0.717) is 13.1 Å². The van der Waals surface area contributed by atoms with Crippen LogP contribution in [0.4, 0.5) is 0 Å². The third-order valence-electron chi connectivity index (χ3n) is 2.28. The van der Waals surface area contributed by atoms with Gasteiger partial charge in [-0.3, -0.25) is 19.7 Å². The Hall–Kier alpha value is -1.92. The van der Waals surface area contributed by atoms with Crippen molar-refractivity contribution in [2.24, 2.45) is 0 Å². The minimum Gasteiger partial charge on any atom is -0.459 e. The van der Waals surface area contributed by atoms with Crippen LogP contribution in [0, 0.1) is 0 Å². The maximum absolute atomic E-state index is 11.5. The average Bonchev–Trinajstić information content (AvgIpc) is 2.81. The molecule has 1 aliphatic heterocycles. The van der Waals surface area contributed by atoms with Gasteiger partial charge in [0.2, 0.25) is 0 Å². The molecule has 1 rings (SSSR count). The fourth-order valence-corrected chi connectivity index (χ4v) is 1.47. The molecule has 7 nitrogen and oxygen atoms in total. The van der Waals surface area contributed by atoms with E-state index in [1.807, 2.05) is 0 Å². The third kappa shape index (κ3) is 3.54. The number of nitrogens with zero attached hydrogens (tertiary/aromatic N) is 1. The van der Waals surface area contributed by atoms with Crippen LogP contribution in [0.5, 0.6) is 0 Å². The summed E-state index contributed by atoms with van der Waals surface area (Å²) in [5.74, 6) is -4.27. The summed E-state index contributed by atoms with van der Waals surface area (Å²) >= 11 is 0. The summed E-state index contributed by atoms with van der Waals surface area (Å²) in [6, 6.07) is 0. The predicted octanol–water partition coefficient (Wildman–Crippen LogP) is -1.19. The molecular formula is C10H14N2O5. The Morgan fingerprint density at radius 3 is 2.24 bits per heavy atom. The Labute approximate surface area is 98.1 Å². The summed E-state index contributed by atoms with van der Waals surface area (Å²) in [7, 11) is 0. The second-order valence-electron chi connectivity index (χ2n) is 3.50. The summed E-state index contributed by atoms with van der Waals surface area (Å²) in [6.45, 7) is 2.56. The van der Waals surface area contributed by atoms with Crippen molar-refractivity contribution in [1.82, 2.24) is 10.2 Å². The van der Waals surface area contributed by atoms with E-state index >= 15 is 0 Å². The molecule has 1 fully saturated rings. The molecule has 0 unspecified atom stereocenters. The van der Waals surface area contributed by atoms with Crippen molar-refractivity contribution in [2.45, 2.75) is 19.8 Å². The van der Waals surface area contributed by atoms with Crippen LogP contribution in [0.3, 0.4) is 0 Å². The molecule has 0 atom stereocenters. The highest BCUT2D eigenvalue weighted by atomic mass is 16.5. The van der Waals surface area contributed by atoms with E-state index in [-0.39, 0.29) is 6.61 Å². The topological polar surface area (TPSA) is 92.8 Å². The Morgan fingerprint density at radius 2 is 1.71 bits per heavy atom. The molecule has 1 saturated heterocycles. The van der Waals surface area contributed by atoms with E-state index in [9.17, 15) is 19.2 Å². The molecule has 1 heterocycles. The van der Waals surface area contributed by atoms with Gasteiger partial charge in [0, 0.05) is 13.1 Å². The second-order valence-corrected chi connectivity index (χ2v) is 3.50. The number of rotatable bonds is 1. The SMILES string of the molecule is CCOC(=O)C(=O)NC(=O)C(=O)N1CCCC1.